The van der Waals surface area contributed by atoms with Crippen LogP contribution in [0.15, 0.2) is 71.6 Å². The van der Waals surface area contributed by atoms with E-state index in [2.05, 4.69) is 19.9 Å². The van der Waals surface area contributed by atoms with Crippen LogP contribution in [0.5, 0.6) is 5.75 Å². The number of methoxy groups -OCH3 is 1. The lowest BCUT2D eigenvalue weighted by Gasteiger charge is -2.27. The van der Waals surface area contributed by atoms with Crippen molar-refractivity contribution in [2.45, 2.75) is 31.6 Å². The van der Waals surface area contributed by atoms with Crippen LogP contribution in [-0.4, -0.2) is 20.1 Å². The number of hydrogen-bond donors (Lipinski definition) is 1. The Morgan fingerprint density at radius 3 is 2.14 bits per heavy atom. The molecule has 3 aromatic rings. The van der Waals surface area contributed by atoms with Gasteiger partial charge in [0.1, 0.15) is 10.6 Å². The molecule has 3 aromatic carbocycles. The normalized spacial score (nSPS) is 12.8. The zero-order valence-electron chi connectivity index (χ0n) is 17.0. The van der Waals surface area contributed by atoms with Crippen molar-refractivity contribution in [2.75, 3.05) is 7.11 Å². The maximum absolute atomic E-state index is 12.2. The number of ether oxygens (including phenoxy) is 1. The Hall–Kier alpha value is -2.20. The molecule has 1 unspecified atom stereocenters. The summed E-state index contributed by atoms with van der Waals surface area (Å²) in [5, 5.41) is 2.60. The first kappa shape index (κ1) is 21.5. The molecule has 1 N–H and O–H groups in total. The van der Waals surface area contributed by atoms with E-state index >= 15 is 0 Å². The van der Waals surface area contributed by atoms with Gasteiger partial charge in [-0.3, -0.25) is 4.55 Å². The molecule has 0 radical (unpaired) electrons. The molecule has 0 fully saturated rings. The fraction of sp³-hybridized carbons (Fsp3) is 0.217. The Bertz CT molecular complexity index is 1120. The molecule has 0 aromatic heterocycles. The Labute approximate surface area is 174 Å². The van der Waals surface area contributed by atoms with Gasteiger partial charge in [-0.2, -0.15) is 8.42 Å². The zero-order chi connectivity index (χ0) is 21.2. The minimum Gasteiger partial charge on any atom is -0.496 e. The average Bonchev–Trinajstić information content (AvgIpc) is 2.69. The van der Waals surface area contributed by atoms with Crippen molar-refractivity contribution >= 4 is 34.0 Å². The number of benzene rings is 3. The zero-order valence-corrected chi connectivity index (χ0v) is 18.7. The molecule has 1 atom stereocenters. The molecular weight excluding hydrogens is 403 g/mol. The van der Waals surface area contributed by atoms with Crippen molar-refractivity contribution in [1.29, 1.82) is 0 Å². The highest BCUT2D eigenvalue weighted by Crippen LogP contribution is 2.41. The number of hydrogen-bond acceptors (Lipinski definition) is 3. The molecule has 152 valence electrons. The highest BCUT2D eigenvalue weighted by Gasteiger charge is 2.29. The lowest BCUT2D eigenvalue weighted by atomic mass is 10.0. The van der Waals surface area contributed by atoms with Gasteiger partial charge in [0, 0.05) is 10.6 Å². The van der Waals surface area contributed by atoms with E-state index in [0.29, 0.717) is 11.1 Å². The smallest absolute Gasteiger partial charge is 0.295 e. The predicted octanol–water partition coefficient (Wildman–Crippen LogP) is 4.13. The van der Waals surface area contributed by atoms with Crippen LogP contribution in [0, 0.1) is 6.92 Å². The summed E-state index contributed by atoms with van der Waals surface area (Å²) in [6, 6.07) is 20.6. The lowest BCUT2D eigenvalue weighted by Crippen LogP contribution is -2.29. The summed E-state index contributed by atoms with van der Waals surface area (Å²) in [4.78, 5) is -0.0602. The summed E-state index contributed by atoms with van der Waals surface area (Å²) in [5.74, 6) is 0.962. The molecule has 0 amide bonds. The van der Waals surface area contributed by atoms with Gasteiger partial charge in [-0.25, -0.2) is 0 Å². The van der Waals surface area contributed by atoms with Crippen molar-refractivity contribution in [3.8, 4) is 5.75 Å². The van der Waals surface area contributed by atoms with Crippen LogP contribution in [0.25, 0.3) is 0 Å². The van der Waals surface area contributed by atoms with Gasteiger partial charge in [-0.05, 0) is 49.3 Å². The van der Waals surface area contributed by atoms with E-state index in [9.17, 15) is 13.0 Å². The summed E-state index contributed by atoms with van der Waals surface area (Å²) >= 11 is 0. The van der Waals surface area contributed by atoms with Crippen molar-refractivity contribution in [1.82, 2.24) is 0 Å². The monoisotopic (exact) mass is 428 g/mol. The summed E-state index contributed by atoms with van der Waals surface area (Å²) in [6.45, 7) is 6.24. The molecule has 3 rings (SSSR count). The fourth-order valence-corrected chi connectivity index (χ4v) is 7.61. The van der Waals surface area contributed by atoms with Crippen molar-refractivity contribution in [3.05, 3.63) is 77.9 Å². The molecule has 29 heavy (non-hydrogen) atoms. The summed E-state index contributed by atoms with van der Waals surface area (Å²) in [7, 11) is -4.06. The average molecular weight is 428 g/mol. The predicted molar refractivity (Wildman–Crippen MR) is 120 cm³/mol. The van der Waals surface area contributed by atoms with Gasteiger partial charge in [0.25, 0.3) is 10.1 Å². The maximum Gasteiger partial charge on any atom is 0.295 e. The molecule has 0 aliphatic carbocycles. The first-order valence-corrected chi connectivity index (χ1v) is 12.1. The third-order valence-corrected chi connectivity index (χ3v) is 8.67. The van der Waals surface area contributed by atoms with E-state index in [1.807, 2.05) is 49.4 Å². The third-order valence-electron chi connectivity index (χ3n) is 4.83. The SMILES string of the molecule is COc1cccc(C)c1P(c1ccccc1C(C)C)c1ccccc1S(=O)(=O)O. The highest BCUT2D eigenvalue weighted by atomic mass is 32.2. The second kappa shape index (κ2) is 8.66. The molecule has 0 spiro atoms. The summed E-state index contributed by atoms with van der Waals surface area (Å²) in [5.41, 5.74) is 2.16. The standard InChI is InChI=1S/C23H25O4PS/c1-16(2)18-11-5-6-13-20(18)28(23-17(3)10-9-12-19(23)27-4)21-14-7-8-15-22(21)29(24,25)26/h5-16H,1-4H3,(H,24,25,26). The van der Waals surface area contributed by atoms with Crippen LogP contribution >= 0.6 is 7.92 Å². The topological polar surface area (TPSA) is 63.6 Å². The molecule has 0 aliphatic heterocycles. The Morgan fingerprint density at radius 2 is 1.52 bits per heavy atom. The fourth-order valence-electron chi connectivity index (χ4n) is 3.49. The van der Waals surface area contributed by atoms with Gasteiger partial charge in [0.15, 0.2) is 0 Å². The van der Waals surface area contributed by atoms with Crippen LogP contribution in [0.3, 0.4) is 0 Å². The van der Waals surface area contributed by atoms with E-state index in [4.69, 9.17) is 4.74 Å². The molecule has 4 nitrogen and oxygen atoms in total. The lowest BCUT2D eigenvalue weighted by molar-refractivity contribution is 0.418. The quantitative estimate of drug-likeness (QED) is 0.474. The van der Waals surface area contributed by atoms with Gasteiger partial charge in [0.05, 0.1) is 7.11 Å². The molecule has 0 saturated carbocycles. The van der Waals surface area contributed by atoms with Crippen LogP contribution < -0.4 is 20.7 Å². The van der Waals surface area contributed by atoms with Gasteiger partial charge in [-0.15, -0.1) is 0 Å². The molecule has 0 heterocycles. The second-order valence-electron chi connectivity index (χ2n) is 7.12. The second-order valence-corrected chi connectivity index (χ2v) is 10.6. The molecule has 0 bridgehead atoms. The van der Waals surface area contributed by atoms with Gasteiger partial charge in [0.2, 0.25) is 0 Å². The molecule has 6 heteroatoms. The first-order valence-electron chi connectivity index (χ1n) is 9.35. The van der Waals surface area contributed by atoms with E-state index < -0.39 is 18.0 Å². The summed E-state index contributed by atoms with van der Waals surface area (Å²) in [6.07, 6.45) is 0. The molecular formula is C23H25O4PS. The van der Waals surface area contributed by atoms with Crippen molar-refractivity contribution in [3.63, 3.8) is 0 Å². The minimum absolute atomic E-state index is 0.0602. The first-order chi connectivity index (χ1) is 13.8. The van der Waals surface area contributed by atoms with Gasteiger partial charge < -0.3 is 4.74 Å². The van der Waals surface area contributed by atoms with E-state index in [1.54, 1.807) is 19.2 Å². The summed E-state index contributed by atoms with van der Waals surface area (Å²) < 4.78 is 40.0. The maximum atomic E-state index is 12.2. The number of aryl methyl sites for hydroxylation is 1. The Balaban J connectivity index is 2.45. The van der Waals surface area contributed by atoms with Crippen molar-refractivity contribution in [2.24, 2.45) is 0 Å². The Kier molecular flexibility index (Phi) is 6.42. The van der Waals surface area contributed by atoms with E-state index in [0.717, 1.165) is 21.7 Å². The van der Waals surface area contributed by atoms with Gasteiger partial charge in [-0.1, -0.05) is 68.4 Å². The van der Waals surface area contributed by atoms with Crippen LogP contribution in [0.1, 0.15) is 30.9 Å². The van der Waals surface area contributed by atoms with Crippen LogP contribution in [0.2, 0.25) is 0 Å². The highest BCUT2D eigenvalue weighted by molar-refractivity contribution is 7.88. The largest absolute Gasteiger partial charge is 0.496 e. The third kappa shape index (κ3) is 4.37. The molecule has 0 saturated heterocycles. The van der Waals surface area contributed by atoms with Crippen LogP contribution in [0.4, 0.5) is 0 Å². The minimum atomic E-state index is -4.38. The van der Waals surface area contributed by atoms with E-state index in [1.165, 1.54) is 6.07 Å². The number of rotatable bonds is 6. The van der Waals surface area contributed by atoms with E-state index in [-0.39, 0.29) is 10.8 Å². The van der Waals surface area contributed by atoms with Gasteiger partial charge >= 0.3 is 0 Å². The van der Waals surface area contributed by atoms with Crippen molar-refractivity contribution < 1.29 is 17.7 Å². The van der Waals surface area contributed by atoms with Crippen LogP contribution in [-0.2, 0) is 10.1 Å². The Morgan fingerprint density at radius 1 is 0.897 bits per heavy atom. The molecule has 0 aliphatic rings.